The van der Waals surface area contributed by atoms with E-state index in [1.807, 2.05) is 49.5 Å². The summed E-state index contributed by atoms with van der Waals surface area (Å²) in [6, 6.07) is 19.4. The van der Waals surface area contributed by atoms with Crippen molar-refractivity contribution in [2.24, 2.45) is 5.92 Å². The molecule has 3 aromatic rings. The van der Waals surface area contributed by atoms with Crippen molar-refractivity contribution in [2.45, 2.75) is 23.4 Å². The fourth-order valence-corrected chi connectivity index (χ4v) is 7.18. The van der Waals surface area contributed by atoms with Crippen molar-refractivity contribution in [3.63, 3.8) is 0 Å². The van der Waals surface area contributed by atoms with Crippen LogP contribution in [0.2, 0.25) is 0 Å². The number of nitrogens with zero attached hydrogens (tertiary/aromatic N) is 2. The summed E-state index contributed by atoms with van der Waals surface area (Å²) in [5, 5.41) is 10.3. The van der Waals surface area contributed by atoms with E-state index in [-0.39, 0.29) is 23.5 Å². The molecule has 0 spiro atoms. The molecule has 1 N–H and O–H groups in total. The molecular weight excluding hydrogens is 488 g/mol. The van der Waals surface area contributed by atoms with Crippen LogP contribution in [0.5, 0.6) is 11.5 Å². The average Bonchev–Trinajstić information content (AvgIpc) is 3.38. The number of fused-ring (bicyclic) bond motifs is 3. The molecule has 0 amide bonds. The lowest BCUT2D eigenvalue weighted by molar-refractivity contribution is 0.193. The maximum atomic E-state index is 13.8. The normalized spacial score (nSPS) is 21.0. The van der Waals surface area contributed by atoms with Crippen LogP contribution < -0.4 is 14.4 Å². The predicted molar refractivity (Wildman–Crippen MR) is 142 cm³/mol. The molecule has 0 saturated carbocycles. The summed E-state index contributed by atoms with van der Waals surface area (Å²) >= 11 is 0. The number of likely N-dealkylation sites (N-methyl/N-ethyl adjacent to an activating group) is 1. The number of aliphatic hydroxyl groups excluding tert-OH is 1. The Morgan fingerprint density at radius 2 is 1.65 bits per heavy atom. The summed E-state index contributed by atoms with van der Waals surface area (Å²) < 4.78 is 39.8. The van der Waals surface area contributed by atoms with Gasteiger partial charge in [0.25, 0.3) is 0 Å². The first-order valence-electron chi connectivity index (χ1n) is 12.2. The molecule has 5 rings (SSSR count). The highest BCUT2D eigenvalue weighted by molar-refractivity contribution is 7.89. The molecule has 2 aliphatic rings. The van der Waals surface area contributed by atoms with Gasteiger partial charge in [0.15, 0.2) is 0 Å². The summed E-state index contributed by atoms with van der Waals surface area (Å²) in [6.07, 6.45) is 0.657. The first-order valence-corrected chi connectivity index (χ1v) is 13.6. The second kappa shape index (κ2) is 10.1. The van der Waals surface area contributed by atoms with Gasteiger partial charge >= 0.3 is 0 Å². The first-order chi connectivity index (χ1) is 17.9. The highest BCUT2D eigenvalue weighted by Crippen LogP contribution is 2.50. The number of sulfonamides is 1. The molecular formula is C29H30N2O5S. The lowest BCUT2D eigenvalue weighted by atomic mass is 9.82. The van der Waals surface area contributed by atoms with Crippen LogP contribution in [-0.2, 0) is 10.0 Å². The van der Waals surface area contributed by atoms with E-state index in [2.05, 4.69) is 16.7 Å². The van der Waals surface area contributed by atoms with Gasteiger partial charge in [0, 0.05) is 42.4 Å². The van der Waals surface area contributed by atoms with Gasteiger partial charge < -0.3 is 19.5 Å². The lowest BCUT2D eigenvalue weighted by Crippen LogP contribution is -2.48. The Bertz CT molecular complexity index is 1460. The summed E-state index contributed by atoms with van der Waals surface area (Å²) in [5.74, 6) is 7.62. The van der Waals surface area contributed by atoms with Gasteiger partial charge in [-0.05, 0) is 66.6 Å². The van der Waals surface area contributed by atoms with Crippen LogP contribution in [0, 0.1) is 17.8 Å². The van der Waals surface area contributed by atoms with Crippen LogP contribution in [0.1, 0.15) is 29.2 Å². The number of hydrogen-bond donors (Lipinski definition) is 1. The van der Waals surface area contributed by atoms with Gasteiger partial charge in [0.2, 0.25) is 10.0 Å². The van der Waals surface area contributed by atoms with Gasteiger partial charge in [-0.25, -0.2) is 8.42 Å². The summed E-state index contributed by atoms with van der Waals surface area (Å²) in [6.45, 7) is 0.323. The Hall–Kier alpha value is -3.51. The molecule has 3 atom stereocenters. The van der Waals surface area contributed by atoms with E-state index in [1.54, 1.807) is 35.7 Å². The van der Waals surface area contributed by atoms with Gasteiger partial charge in [-0.15, -0.1) is 0 Å². The molecule has 1 saturated heterocycles. The number of methoxy groups -OCH3 is 2. The number of hydrogen-bond acceptors (Lipinski definition) is 6. The zero-order chi connectivity index (χ0) is 26.2. The Morgan fingerprint density at radius 1 is 0.946 bits per heavy atom. The second-order valence-corrected chi connectivity index (χ2v) is 11.2. The van der Waals surface area contributed by atoms with Gasteiger partial charge in [0.1, 0.15) is 11.5 Å². The molecule has 7 nitrogen and oxygen atoms in total. The van der Waals surface area contributed by atoms with E-state index in [0.717, 1.165) is 28.1 Å². The van der Waals surface area contributed by atoms with Crippen molar-refractivity contribution in [3.05, 3.63) is 83.4 Å². The van der Waals surface area contributed by atoms with Crippen LogP contribution in [-0.4, -0.2) is 58.3 Å². The van der Waals surface area contributed by atoms with E-state index in [9.17, 15) is 13.5 Å². The first kappa shape index (κ1) is 25.2. The smallest absolute Gasteiger partial charge is 0.243 e. The molecule has 8 heteroatoms. The van der Waals surface area contributed by atoms with Crippen molar-refractivity contribution in [3.8, 4) is 23.3 Å². The van der Waals surface area contributed by atoms with Gasteiger partial charge in [-0.3, -0.25) is 0 Å². The molecule has 0 aromatic heterocycles. The number of rotatable bonds is 5. The van der Waals surface area contributed by atoms with E-state index in [1.165, 1.54) is 7.11 Å². The third-order valence-corrected chi connectivity index (χ3v) is 9.27. The number of aliphatic hydroxyl groups is 1. The summed E-state index contributed by atoms with van der Waals surface area (Å²) in [5.41, 5.74) is 3.47. The topological polar surface area (TPSA) is 79.3 Å². The molecule has 0 unspecified atom stereocenters. The molecule has 37 heavy (non-hydrogen) atoms. The molecule has 0 aliphatic carbocycles. The van der Waals surface area contributed by atoms with Crippen molar-refractivity contribution in [2.75, 3.05) is 39.3 Å². The highest BCUT2D eigenvalue weighted by Gasteiger charge is 2.50. The summed E-state index contributed by atoms with van der Waals surface area (Å²) in [7, 11) is 1.30. The molecule has 2 aliphatic heterocycles. The van der Waals surface area contributed by atoms with Gasteiger partial charge in [0.05, 0.1) is 37.8 Å². The number of anilines is 1. The largest absolute Gasteiger partial charge is 0.497 e. The third kappa shape index (κ3) is 4.55. The SMILES string of the molecule is COc1ccc(C#Cc2ccc3c(c2)[C@H]2[C@H](CCN2S(=O)(=O)c2cccc(OC)c2)[C@H](CO)N3C)cc1. The van der Waals surface area contributed by atoms with Crippen LogP contribution in [0.25, 0.3) is 0 Å². The fourth-order valence-electron chi connectivity index (χ4n) is 5.47. The molecule has 0 radical (unpaired) electrons. The van der Waals surface area contributed by atoms with Crippen molar-refractivity contribution < 1.29 is 23.0 Å². The number of ether oxygens (including phenoxy) is 2. The van der Waals surface area contributed by atoms with E-state index in [4.69, 9.17) is 9.47 Å². The molecule has 192 valence electrons. The summed E-state index contributed by atoms with van der Waals surface area (Å²) in [4.78, 5) is 2.27. The van der Waals surface area contributed by atoms with Crippen molar-refractivity contribution in [1.82, 2.24) is 4.31 Å². The van der Waals surface area contributed by atoms with Crippen LogP contribution in [0.15, 0.2) is 71.6 Å². The fraction of sp³-hybridized carbons (Fsp3) is 0.310. The van der Waals surface area contributed by atoms with Crippen LogP contribution >= 0.6 is 0 Å². The Balaban J connectivity index is 1.56. The van der Waals surface area contributed by atoms with E-state index >= 15 is 0 Å². The second-order valence-electron chi connectivity index (χ2n) is 9.31. The molecule has 0 bridgehead atoms. The van der Waals surface area contributed by atoms with Crippen molar-refractivity contribution in [1.29, 1.82) is 0 Å². The van der Waals surface area contributed by atoms with Gasteiger partial charge in [-0.1, -0.05) is 17.9 Å². The average molecular weight is 519 g/mol. The minimum absolute atomic E-state index is 0.0484. The monoisotopic (exact) mass is 518 g/mol. The Morgan fingerprint density at radius 3 is 2.35 bits per heavy atom. The molecule has 2 heterocycles. The van der Waals surface area contributed by atoms with Gasteiger partial charge in [-0.2, -0.15) is 4.31 Å². The zero-order valence-corrected chi connectivity index (χ0v) is 21.9. The minimum Gasteiger partial charge on any atom is -0.497 e. The Kier molecular flexibility index (Phi) is 6.86. The molecule has 1 fully saturated rings. The maximum Gasteiger partial charge on any atom is 0.243 e. The number of benzene rings is 3. The highest BCUT2D eigenvalue weighted by atomic mass is 32.2. The molecule has 3 aromatic carbocycles. The van der Waals surface area contributed by atoms with Crippen LogP contribution in [0.3, 0.4) is 0 Å². The quantitative estimate of drug-likeness (QED) is 0.520. The maximum absolute atomic E-state index is 13.8. The lowest BCUT2D eigenvalue weighted by Gasteiger charge is -2.44. The van der Waals surface area contributed by atoms with Crippen LogP contribution in [0.4, 0.5) is 5.69 Å². The minimum atomic E-state index is -3.80. The zero-order valence-electron chi connectivity index (χ0n) is 21.1. The predicted octanol–water partition coefficient (Wildman–Crippen LogP) is 3.67. The standard InChI is InChI=1S/C29H30N2O5S/c1-30-27-14-11-21(8-7-20-9-12-22(35-2)13-10-20)17-26(27)29-25(28(30)19-32)15-16-31(29)37(33,34)24-6-4-5-23(18-24)36-3/h4-6,9-14,17-18,25,28-29,32H,15-16,19H2,1-3H3/t25-,28+,29-/m1/s1. The Labute approximate surface area is 218 Å². The third-order valence-electron chi connectivity index (χ3n) is 7.39. The van der Waals surface area contributed by atoms with E-state index in [0.29, 0.717) is 18.7 Å². The van der Waals surface area contributed by atoms with Crippen molar-refractivity contribution >= 4 is 15.7 Å². The van der Waals surface area contributed by atoms with E-state index < -0.39 is 16.1 Å².